The van der Waals surface area contributed by atoms with Gasteiger partial charge in [-0.15, -0.1) is 23.2 Å². The van der Waals surface area contributed by atoms with Crippen molar-refractivity contribution < 1.29 is 14.0 Å². The van der Waals surface area contributed by atoms with Crippen LogP contribution in [0.2, 0.25) is 10.0 Å². The van der Waals surface area contributed by atoms with Crippen LogP contribution in [-0.4, -0.2) is 16.1 Å². The lowest BCUT2D eigenvalue weighted by Crippen LogP contribution is -2.18. The first kappa shape index (κ1) is 24.3. The number of carbonyl (C=O) groups excluding carboxylic acids is 2. The van der Waals surface area contributed by atoms with Gasteiger partial charge in [-0.2, -0.15) is 0 Å². The number of nitrogens with one attached hydrogen (secondary N) is 2. The first-order valence-electron chi connectivity index (χ1n) is 9.58. The first-order valence-corrected chi connectivity index (χ1v) is 11.9. The van der Waals surface area contributed by atoms with Crippen molar-refractivity contribution in [3.8, 4) is 0 Å². The van der Waals surface area contributed by atoms with Crippen molar-refractivity contribution in [2.45, 2.75) is 10.3 Å². The smallest absolute Gasteiger partial charge is 0.257 e. The number of hydrogen-bond acceptors (Lipinski definition) is 2. The Morgan fingerprint density at radius 2 is 1.55 bits per heavy atom. The van der Waals surface area contributed by atoms with Crippen LogP contribution in [-0.2, 0) is 4.79 Å². The van der Waals surface area contributed by atoms with E-state index in [4.69, 9.17) is 46.4 Å². The predicted octanol–water partition coefficient (Wildman–Crippen LogP) is 7.67. The minimum Gasteiger partial charge on any atom is -0.326 e. The second-order valence-corrected chi connectivity index (χ2v) is 10.6. The molecule has 0 heterocycles. The third kappa shape index (κ3) is 5.15. The van der Waals surface area contributed by atoms with E-state index in [-0.39, 0.29) is 10.6 Å². The Kier molecular flexibility index (Phi) is 6.95. The minimum atomic E-state index is -1.30. The zero-order chi connectivity index (χ0) is 23.9. The van der Waals surface area contributed by atoms with Gasteiger partial charge < -0.3 is 10.6 Å². The molecule has 0 radical (unpaired) electrons. The molecule has 10 heteroatoms. The fourth-order valence-corrected chi connectivity index (χ4v) is 4.97. The molecule has 1 aliphatic rings. The summed E-state index contributed by atoms with van der Waals surface area (Å²) in [5, 5.41) is 6.04. The lowest BCUT2D eigenvalue weighted by atomic mass is 10.1. The summed E-state index contributed by atoms with van der Waals surface area (Å²) < 4.78 is 12.5. The van der Waals surface area contributed by atoms with Gasteiger partial charge in [0.15, 0.2) is 0 Å². The maximum absolute atomic E-state index is 13.1. The number of rotatable bonds is 5. The molecule has 3 aromatic carbocycles. The van der Waals surface area contributed by atoms with E-state index < -0.39 is 33.8 Å². The van der Waals surface area contributed by atoms with Crippen LogP contribution in [0.5, 0.6) is 0 Å². The van der Waals surface area contributed by atoms with Crippen molar-refractivity contribution in [1.82, 2.24) is 0 Å². The third-order valence-electron chi connectivity index (χ3n) is 5.22. The van der Waals surface area contributed by atoms with E-state index in [1.807, 2.05) is 0 Å². The molecular weight excluding hydrogens is 577 g/mol. The van der Waals surface area contributed by atoms with Crippen LogP contribution in [0.15, 0.2) is 65.1 Å². The Labute approximate surface area is 217 Å². The quantitative estimate of drug-likeness (QED) is 0.300. The molecule has 170 valence electrons. The van der Waals surface area contributed by atoms with Crippen LogP contribution in [0.25, 0.3) is 0 Å². The SMILES string of the molecule is O=C(Nc1ccc(F)cc1)c1cc(NC(=O)[C@H]2[C@H](c3ccc(Br)c(Cl)c3)C2(Cl)Cl)ccc1Cl. The van der Waals surface area contributed by atoms with Gasteiger partial charge in [-0.1, -0.05) is 29.3 Å². The summed E-state index contributed by atoms with van der Waals surface area (Å²) in [5.41, 5.74) is 1.62. The Morgan fingerprint density at radius 1 is 0.879 bits per heavy atom. The van der Waals surface area contributed by atoms with Gasteiger partial charge in [-0.25, -0.2) is 4.39 Å². The summed E-state index contributed by atoms with van der Waals surface area (Å²) in [5.74, 6) is -2.50. The van der Waals surface area contributed by atoms with E-state index in [2.05, 4.69) is 26.6 Å². The predicted molar refractivity (Wildman–Crippen MR) is 134 cm³/mol. The van der Waals surface area contributed by atoms with E-state index in [1.54, 1.807) is 24.3 Å². The fourth-order valence-electron chi connectivity index (χ4n) is 3.50. The van der Waals surface area contributed by atoms with Crippen LogP contribution in [0.4, 0.5) is 15.8 Å². The highest BCUT2D eigenvalue weighted by atomic mass is 79.9. The average molecular weight is 591 g/mol. The highest BCUT2D eigenvalue weighted by Gasteiger charge is 2.67. The van der Waals surface area contributed by atoms with Crippen molar-refractivity contribution in [3.05, 3.63) is 92.1 Å². The van der Waals surface area contributed by atoms with Gasteiger partial charge in [-0.05, 0) is 76.1 Å². The molecule has 2 atom stereocenters. The molecule has 1 saturated carbocycles. The molecule has 0 aliphatic heterocycles. The van der Waals surface area contributed by atoms with Crippen molar-refractivity contribution in [3.63, 3.8) is 0 Å². The van der Waals surface area contributed by atoms with E-state index >= 15 is 0 Å². The molecule has 4 nitrogen and oxygen atoms in total. The van der Waals surface area contributed by atoms with Crippen molar-refractivity contribution in [2.75, 3.05) is 10.6 Å². The first-order chi connectivity index (χ1) is 15.6. The van der Waals surface area contributed by atoms with Crippen LogP contribution >= 0.6 is 62.3 Å². The van der Waals surface area contributed by atoms with Crippen LogP contribution in [0.1, 0.15) is 21.8 Å². The van der Waals surface area contributed by atoms with Gasteiger partial charge in [0.05, 0.1) is 21.5 Å². The third-order valence-corrected chi connectivity index (χ3v) is 7.72. The number of carbonyl (C=O) groups is 2. The minimum absolute atomic E-state index is 0.133. The average Bonchev–Trinajstić information content (AvgIpc) is 3.35. The standard InChI is InChI=1S/C23H14BrCl4FN2O2/c24-16-7-1-11(9-18(16)26)19-20(23(19,27)28)22(33)31-14-6-8-17(25)15(10-14)21(32)30-13-4-2-12(29)3-5-13/h1-10,19-20H,(H,30,32)(H,31,33)/t19-,20+/m0/s1. The molecule has 0 unspecified atom stereocenters. The molecule has 3 aromatic rings. The summed E-state index contributed by atoms with van der Waals surface area (Å²) in [6.07, 6.45) is 0. The van der Waals surface area contributed by atoms with Gasteiger partial charge in [-0.3, -0.25) is 9.59 Å². The molecule has 2 N–H and O–H groups in total. The molecule has 4 rings (SSSR count). The Morgan fingerprint density at radius 3 is 2.21 bits per heavy atom. The highest BCUT2D eigenvalue weighted by molar-refractivity contribution is 9.10. The Hall–Kier alpha value is -1.83. The van der Waals surface area contributed by atoms with E-state index in [9.17, 15) is 14.0 Å². The fraction of sp³-hybridized carbons (Fsp3) is 0.130. The Balaban J connectivity index is 1.50. The zero-order valence-electron chi connectivity index (χ0n) is 16.5. The summed E-state index contributed by atoms with van der Waals surface area (Å²) in [7, 11) is 0. The van der Waals surface area contributed by atoms with Crippen molar-refractivity contribution >= 4 is 85.5 Å². The largest absolute Gasteiger partial charge is 0.326 e. The number of hydrogen-bond donors (Lipinski definition) is 2. The number of halogens is 6. The van der Waals surface area contributed by atoms with Crippen LogP contribution in [0.3, 0.4) is 0 Å². The van der Waals surface area contributed by atoms with E-state index in [0.717, 1.165) is 10.0 Å². The van der Waals surface area contributed by atoms with E-state index in [0.29, 0.717) is 16.4 Å². The molecule has 0 saturated heterocycles. The molecule has 1 fully saturated rings. The maximum Gasteiger partial charge on any atom is 0.257 e. The zero-order valence-corrected chi connectivity index (χ0v) is 21.1. The van der Waals surface area contributed by atoms with Gasteiger partial charge in [0.1, 0.15) is 10.2 Å². The number of anilines is 2. The molecule has 33 heavy (non-hydrogen) atoms. The van der Waals surface area contributed by atoms with Gasteiger partial charge in [0.2, 0.25) is 5.91 Å². The number of amides is 2. The molecular formula is C23H14BrCl4FN2O2. The normalized spacial score (nSPS) is 18.5. The number of benzene rings is 3. The topological polar surface area (TPSA) is 58.2 Å². The maximum atomic E-state index is 13.1. The monoisotopic (exact) mass is 588 g/mol. The van der Waals surface area contributed by atoms with Crippen LogP contribution in [0, 0.1) is 11.7 Å². The summed E-state index contributed by atoms with van der Waals surface area (Å²) >= 11 is 28.5. The van der Waals surface area contributed by atoms with Crippen molar-refractivity contribution in [1.29, 1.82) is 0 Å². The lowest BCUT2D eigenvalue weighted by Gasteiger charge is -2.10. The molecule has 1 aliphatic carbocycles. The summed E-state index contributed by atoms with van der Waals surface area (Å²) in [6.45, 7) is 0. The molecule has 0 bridgehead atoms. The van der Waals surface area contributed by atoms with E-state index in [1.165, 1.54) is 36.4 Å². The molecule has 0 aromatic heterocycles. The Bertz CT molecular complexity index is 1250. The second kappa shape index (κ2) is 9.43. The highest BCUT2D eigenvalue weighted by Crippen LogP contribution is 2.65. The number of alkyl halides is 2. The second-order valence-electron chi connectivity index (χ2n) is 7.45. The molecule has 0 spiro atoms. The van der Waals surface area contributed by atoms with Crippen LogP contribution < -0.4 is 10.6 Å². The summed E-state index contributed by atoms with van der Waals surface area (Å²) in [4.78, 5) is 25.6. The van der Waals surface area contributed by atoms with Gasteiger partial charge in [0, 0.05) is 21.8 Å². The van der Waals surface area contributed by atoms with Crippen molar-refractivity contribution in [2.24, 2.45) is 5.92 Å². The summed E-state index contributed by atoms with van der Waals surface area (Å²) in [6, 6.07) is 15.1. The van der Waals surface area contributed by atoms with Gasteiger partial charge in [0.25, 0.3) is 5.91 Å². The lowest BCUT2D eigenvalue weighted by molar-refractivity contribution is -0.117. The van der Waals surface area contributed by atoms with Gasteiger partial charge >= 0.3 is 0 Å². The molecule has 2 amide bonds.